The number of fused-ring (bicyclic) bond motifs is 1. The molecule has 0 spiro atoms. The minimum absolute atomic E-state index is 0.0536. The number of rotatable bonds is 3. The van der Waals surface area contributed by atoms with Crippen molar-refractivity contribution >= 4 is 62.0 Å². The van der Waals surface area contributed by atoms with Crippen molar-refractivity contribution in [3.05, 3.63) is 74.6 Å². The number of hydrogen-bond acceptors (Lipinski definition) is 6. The van der Waals surface area contributed by atoms with Crippen LogP contribution >= 0.6 is 34.5 Å². The highest BCUT2D eigenvalue weighted by Gasteiger charge is 2.25. The Bertz CT molecular complexity index is 1340. The number of anilines is 2. The van der Waals surface area contributed by atoms with Crippen LogP contribution in [-0.2, 0) is 0 Å². The van der Waals surface area contributed by atoms with Crippen molar-refractivity contribution < 1.29 is 4.79 Å². The van der Waals surface area contributed by atoms with Gasteiger partial charge >= 0.3 is 0 Å². The summed E-state index contributed by atoms with van der Waals surface area (Å²) in [5, 5.41) is 11.1. The lowest BCUT2D eigenvalue weighted by molar-refractivity contribution is 0.104. The second-order valence-electron chi connectivity index (χ2n) is 6.20. The summed E-state index contributed by atoms with van der Waals surface area (Å²) in [5.74, 6) is -0.229. The molecule has 0 saturated carbocycles. The van der Waals surface area contributed by atoms with E-state index in [0.29, 0.717) is 41.8 Å². The fourth-order valence-corrected chi connectivity index (χ4v) is 4.64. The Labute approximate surface area is 180 Å². The molecule has 0 aliphatic carbocycles. The quantitative estimate of drug-likeness (QED) is 0.408. The molecule has 0 fully saturated rings. The lowest BCUT2D eigenvalue weighted by Gasteiger charge is -2.11. The van der Waals surface area contributed by atoms with Crippen molar-refractivity contribution in [2.75, 3.05) is 11.5 Å². The second-order valence-corrected chi connectivity index (χ2v) is 8.05. The summed E-state index contributed by atoms with van der Waals surface area (Å²) in [7, 11) is 0. The van der Waals surface area contributed by atoms with Crippen LogP contribution in [0.2, 0.25) is 10.0 Å². The highest BCUT2D eigenvalue weighted by Crippen LogP contribution is 2.44. The molecule has 0 bridgehead atoms. The molecule has 0 saturated heterocycles. The van der Waals surface area contributed by atoms with E-state index in [1.165, 1.54) is 0 Å². The first-order chi connectivity index (χ1) is 13.9. The largest absolute Gasteiger partial charge is 0.397 e. The van der Waals surface area contributed by atoms with Gasteiger partial charge in [-0.2, -0.15) is 5.26 Å². The van der Waals surface area contributed by atoms with Gasteiger partial charge in [0.05, 0.1) is 5.69 Å². The third kappa shape index (κ3) is 3.19. The molecule has 0 radical (unpaired) electrons. The number of halogens is 2. The van der Waals surface area contributed by atoms with E-state index >= 15 is 0 Å². The van der Waals surface area contributed by atoms with Crippen LogP contribution in [0.1, 0.15) is 20.8 Å². The maximum absolute atomic E-state index is 13.1. The second kappa shape index (κ2) is 7.37. The van der Waals surface area contributed by atoms with Crippen molar-refractivity contribution in [1.29, 1.82) is 5.26 Å². The number of nitriles is 1. The number of hydrogen-bond donors (Lipinski definition) is 2. The van der Waals surface area contributed by atoms with Gasteiger partial charge in [-0.3, -0.25) is 4.79 Å². The molecule has 0 atom stereocenters. The average Bonchev–Trinajstić information content (AvgIpc) is 3.03. The smallest absolute Gasteiger partial charge is 0.205 e. The molecule has 29 heavy (non-hydrogen) atoms. The summed E-state index contributed by atoms with van der Waals surface area (Å²) in [4.78, 5) is 18.1. The number of nitrogens with zero attached hydrogens (tertiary/aromatic N) is 2. The number of pyridine rings is 1. The number of carbonyl (C=O) groups excluding carboxylic acids is 1. The lowest BCUT2D eigenvalue weighted by Crippen LogP contribution is -2.03. The Balaban J connectivity index is 2.05. The van der Waals surface area contributed by atoms with E-state index in [1.807, 2.05) is 0 Å². The summed E-state index contributed by atoms with van der Waals surface area (Å²) < 4.78 is 0. The Morgan fingerprint density at radius 1 is 1.10 bits per heavy atom. The third-order valence-corrected chi connectivity index (χ3v) is 6.12. The standard InChI is InChI=1S/C21H12Cl2N4OS/c22-11-5-3-4-10(8-11)18(28)19-17(25)16-15(12-6-1-2-7-14(12)23)13(9-24)20(26)27-21(16)29-19/h1-8H,25H2,(H2,26,27). The Morgan fingerprint density at radius 3 is 2.55 bits per heavy atom. The van der Waals surface area contributed by atoms with Crippen LogP contribution in [0.5, 0.6) is 0 Å². The van der Waals surface area contributed by atoms with Gasteiger partial charge < -0.3 is 11.5 Å². The number of aromatic nitrogens is 1. The van der Waals surface area contributed by atoms with Crippen LogP contribution in [0.3, 0.4) is 0 Å². The highest BCUT2D eigenvalue weighted by atomic mass is 35.5. The molecule has 4 aromatic rings. The minimum Gasteiger partial charge on any atom is -0.397 e. The Kier molecular flexibility index (Phi) is 4.89. The summed E-state index contributed by atoms with van der Waals surface area (Å²) in [5.41, 5.74) is 14.3. The molecular weight excluding hydrogens is 427 g/mol. The first-order valence-corrected chi connectivity index (χ1v) is 9.96. The summed E-state index contributed by atoms with van der Waals surface area (Å²) >= 11 is 13.5. The Hall–Kier alpha value is -3.11. The molecule has 4 rings (SSSR count). The minimum atomic E-state index is -0.282. The van der Waals surface area contributed by atoms with Crippen molar-refractivity contribution in [3.8, 4) is 17.2 Å². The zero-order chi connectivity index (χ0) is 20.7. The maximum Gasteiger partial charge on any atom is 0.205 e. The Morgan fingerprint density at radius 2 is 1.86 bits per heavy atom. The van der Waals surface area contributed by atoms with E-state index in [9.17, 15) is 10.1 Å². The molecule has 2 aromatic heterocycles. The van der Waals surface area contributed by atoms with E-state index in [-0.39, 0.29) is 22.9 Å². The monoisotopic (exact) mass is 438 g/mol. The van der Waals surface area contributed by atoms with E-state index in [0.717, 1.165) is 11.3 Å². The van der Waals surface area contributed by atoms with Gasteiger partial charge in [-0.15, -0.1) is 11.3 Å². The van der Waals surface area contributed by atoms with Gasteiger partial charge in [-0.05, 0) is 18.2 Å². The van der Waals surface area contributed by atoms with E-state index in [2.05, 4.69) is 11.1 Å². The molecule has 8 heteroatoms. The van der Waals surface area contributed by atoms with Crippen LogP contribution in [0.15, 0.2) is 48.5 Å². The number of carbonyl (C=O) groups is 1. The fourth-order valence-electron chi connectivity index (χ4n) is 3.15. The molecule has 4 N–H and O–H groups in total. The molecule has 2 heterocycles. The summed E-state index contributed by atoms with van der Waals surface area (Å²) in [6.07, 6.45) is 0. The van der Waals surface area contributed by atoms with Crippen molar-refractivity contribution in [3.63, 3.8) is 0 Å². The number of thiophene rings is 1. The summed E-state index contributed by atoms with van der Waals surface area (Å²) in [6, 6.07) is 15.8. The van der Waals surface area contributed by atoms with Gasteiger partial charge in [0.2, 0.25) is 5.78 Å². The number of benzene rings is 2. The van der Waals surface area contributed by atoms with Crippen LogP contribution in [0.4, 0.5) is 11.5 Å². The van der Waals surface area contributed by atoms with E-state index in [1.54, 1.807) is 48.5 Å². The van der Waals surface area contributed by atoms with E-state index in [4.69, 9.17) is 34.7 Å². The zero-order valence-electron chi connectivity index (χ0n) is 14.7. The third-order valence-electron chi connectivity index (χ3n) is 4.45. The van der Waals surface area contributed by atoms with Crippen LogP contribution in [0.25, 0.3) is 21.3 Å². The van der Waals surface area contributed by atoms with Crippen LogP contribution < -0.4 is 11.5 Å². The van der Waals surface area contributed by atoms with Crippen molar-refractivity contribution in [1.82, 2.24) is 4.98 Å². The van der Waals surface area contributed by atoms with E-state index < -0.39 is 0 Å². The first kappa shape index (κ1) is 19.2. The fraction of sp³-hybridized carbons (Fsp3) is 0. The first-order valence-electron chi connectivity index (χ1n) is 8.39. The molecule has 5 nitrogen and oxygen atoms in total. The SMILES string of the molecule is N#Cc1c(N)nc2sc(C(=O)c3cccc(Cl)c3)c(N)c2c1-c1ccccc1Cl. The highest BCUT2D eigenvalue weighted by molar-refractivity contribution is 7.21. The van der Waals surface area contributed by atoms with Gasteiger partial charge in [0.15, 0.2) is 0 Å². The predicted octanol–water partition coefficient (Wildman–Crippen LogP) is 5.54. The van der Waals surface area contributed by atoms with Gasteiger partial charge in [0.25, 0.3) is 0 Å². The molecule has 0 amide bonds. The van der Waals surface area contributed by atoms with Crippen molar-refractivity contribution in [2.24, 2.45) is 0 Å². The average molecular weight is 439 g/mol. The normalized spacial score (nSPS) is 10.8. The molecule has 2 aromatic carbocycles. The predicted molar refractivity (Wildman–Crippen MR) is 118 cm³/mol. The molecule has 0 unspecified atom stereocenters. The van der Waals surface area contributed by atoms with Crippen LogP contribution in [0, 0.1) is 11.3 Å². The van der Waals surface area contributed by atoms with Crippen LogP contribution in [-0.4, -0.2) is 10.8 Å². The molecule has 0 aliphatic rings. The topological polar surface area (TPSA) is 106 Å². The van der Waals surface area contributed by atoms with Gasteiger partial charge in [-0.25, -0.2) is 4.98 Å². The molecular formula is C21H12Cl2N4OS. The van der Waals surface area contributed by atoms with Gasteiger partial charge in [0, 0.05) is 32.1 Å². The number of nitrogen functional groups attached to an aromatic ring is 2. The van der Waals surface area contributed by atoms with Gasteiger partial charge in [-0.1, -0.05) is 53.5 Å². The number of ketones is 1. The number of nitrogens with two attached hydrogens (primary N) is 2. The van der Waals surface area contributed by atoms with Gasteiger partial charge in [0.1, 0.15) is 27.2 Å². The maximum atomic E-state index is 13.1. The molecule has 0 aliphatic heterocycles. The zero-order valence-corrected chi connectivity index (χ0v) is 17.1. The lowest BCUT2D eigenvalue weighted by atomic mass is 9.96. The molecule has 142 valence electrons. The summed E-state index contributed by atoms with van der Waals surface area (Å²) in [6.45, 7) is 0. The van der Waals surface area contributed by atoms with Crippen molar-refractivity contribution in [2.45, 2.75) is 0 Å².